The maximum atomic E-state index is 10.1. The van der Waals surface area contributed by atoms with Crippen LogP contribution in [0.1, 0.15) is 6.42 Å². The van der Waals surface area contributed by atoms with E-state index in [9.17, 15) is 4.79 Å². The molecular weight excluding hydrogens is 209 g/mol. The van der Waals surface area contributed by atoms with E-state index in [1.165, 1.54) is 0 Å². The minimum Gasteiger partial charge on any atom is -0.480 e. The predicted molar refractivity (Wildman–Crippen MR) is 53.1 cm³/mol. The summed E-state index contributed by atoms with van der Waals surface area (Å²) in [5, 5.41) is 8.27. The van der Waals surface area contributed by atoms with Gasteiger partial charge in [-0.1, -0.05) is 0 Å². The lowest BCUT2D eigenvalue weighted by atomic mass is 10.2. The Morgan fingerprint density at radius 3 is 2.36 bits per heavy atom. The second-order valence-corrected chi connectivity index (χ2v) is 2.71. The van der Waals surface area contributed by atoms with Gasteiger partial charge in [0.15, 0.2) is 0 Å². The van der Waals surface area contributed by atoms with Crippen LogP contribution >= 0.6 is 36.6 Å². The Bertz CT molecular complexity index is 104. The second-order valence-electron chi connectivity index (χ2n) is 1.73. The molecule has 3 nitrogen and oxygen atoms in total. The number of carboxylic acids is 1. The summed E-state index contributed by atoms with van der Waals surface area (Å²) in [6.45, 7) is 0. The fourth-order valence-corrected chi connectivity index (χ4v) is 0.858. The van der Waals surface area contributed by atoms with Gasteiger partial charge in [0.2, 0.25) is 0 Å². The molecule has 70 valence electrons. The van der Waals surface area contributed by atoms with E-state index in [1.54, 1.807) is 11.8 Å². The van der Waals surface area contributed by atoms with Crippen molar-refractivity contribution in [2.45, 2.75) is 12.5 Å². The number of thioether (sulfide) groups is 1. The van der Waals surface area contributed by atoms with Gasteiger partial charge >= 0.3 is 5.97 Å². The molecule has 0 aromatic carbocycles. The summed E-state index contributed by atoms with van der Waals surface area (Å²) < 4.78 is 0. The summed E-state index contributed by atoms with van der Waals surface area (Å²) in [6, 6.07) is -0.683. The van der Waals surface area contributed by atoms with Crippen LogP contribution in [0.15, 0.2) is 0 Å². The van der Waals surface area contributed by atoms with Gasteiger partial charge in [-0.05, 0) is 18.4 Å². The average Bonchev–Trinajstić information content (AvgIpc) is 1.82. The number of carboxylic acid groups (broad SMARTS) is 1. The molecular formula is C5H13Cl2NO2S. The highest BCUT2D eigenvalue weighted by atomic mass is 35.5. The van der Waals surface area contributed by atoms with Crippen LogP contribution in [0.3, 0.4) is 0 Å². The fraction of sp³-hybridized carbons (Fsp3) is 0.800. The molecule has 11 heavy (non-hydrogen) atoms. The number of hydrogen-bond donors (Lipinski definition) is 2. The molecule has 6 heteroatoms. The van der Waals surface area contributed by atoms with Crippen molar-refractivity contribution in [3.8, 4) is 0 Å². The number of aliphatic carboxylic acids is 1. The quantitative estimate of drug-likeness (QED) is 0.744. The molecule has 1 atom stereocenters. The smallest absolute Gasteiger partial charge is 0.320 e. The lowest BCUT2D eigenvalue weighted by Crippen LogP contribution is -2.30. The van der Waals surface area contributed by atoms with E-state index < -0.39 is 12.0 Å². The predicted octanol–water partition coefficient (Wildman–Crippen LogP) is 0.995. The van der Waals surface area contributed by atoms with Gasteiger partial charge in [0.05, 0.1) is 0 Å². The highest BCUT2D eigenvalue weighted by Crippen LogP contribution is 1.97. The summed E-state index contributed by atoms with van der Waals surface area (Å²) in [4.78, 5) is 10.1. The van der Waals surface area contributed by atoms with Gasteiger partial charge in [0, 0.05) is 0 Å². The van der Waals surface area contributed by atoms with Crippen LogP contribution < -0.4 is 5.73 Å². The Morgan fingerprint density at radius 1 is 1.64 bits per heavy atom. The number of rotatable bonds is 4. The molecule has 3 N–H and O–H groups in total. The molecule has 0 radical (unpaired) electrons. The maximum absolute atomic E-state index is 10.1. The van der Waals surface area contributed by atoms with Crippen LogP contribution in [0.25, 0.3) is 0 Å². The SMILES string of the molecule is CSCC[C@H](N)C(=O)O.Cl.Cl. The monoisotopic (exact) mass is 221 g/mol. The summed E-state index contributed by atoms with van der Waals surface area (Å²) in [5.41, 5.74) is 5.19. The average molecular weight is 222 g/mol. The molecule has 0 amide bonds. The third-order valence-corrected chi connectivity index (χ3v) is 1.59. The number of nitrogens with two attached hydrogens (primary N) is 1. The van der Waals surface area contributed by atoms with E-state index in [4.69, 9.17) is 10.8 Å². The van der Waals surface area contributed by atoms with Gasteiger partial charge in [-0.3, -0.25) is 4.79 Å². The standard InChI is InChI=1S/C5H11NO2S.2ClH/c1-9-3-2-4(6)5(7)8;;/h4H,2-3,6H2,1H3,(H,7,8);2*1H/t4-;;/m0../s1. The first-order chi connectivity index (χ1) is 4.18. The fourth-order valence-electron chi connectivity index (χ4n) is 0.368. The van der Waals surface area contributed by atoms with Crippen molar-refractivity contribution in [1.29, 1.82) is 0 Å². The molecule has 0 rings (SSSR count). The highest BCUT2D eigenvalue weighted by Gasteiger charge is 2.08. The van der Waals surface area contributed by atoms with Gasteiger partial charge in [-0.15, -0.1) is 24.8 Å². The third kappa shape index (κ3) is 10.4. The first-order valence-corrected chi connectivity index (χ1v) is 4.05. The molecule has 0 spiro atoms. The zero-order valence-electron chi connectivity index (χ0n) is 6.15. The van der Waals surface area contributed by atoms with Crippen LogP contribution in [0.4, 0.5) is 0 Å². The van der Waals surface area contributed by atoms with Crippen LogP contribution in [0.2, 0.25) is 0 Å². The van der Waals surface area contributed by atoms with E-state index in [0.29, 0.717) is 6.42 Å². The first-order valence-electron chi connectivity index (χ1n) is 2.65. The zero-order chi connectivity index (χ0) is 7.28. The molecule has 0 fully saturated rings. The van der Waals surface area contributed by atoms with Gasteiger partial charge < -0.3 is 10.8 Å². The molecule has 0 aliphatic heterocycles. The summed E-state index contributed by atoms with van der Waals surface area (Å²) in [6.07, 6.45) is 2.48. The first kappa shape index (κ1) is 17.4. The molecule has 0 aliphatic carbocycles. The van der Waals surface area contributed by atoms with E-state index in [-0.39, 0.29) is 24.8 Å². The van der Waals surface area contributed by atoms with Gasteiger partial charge in [-0.25, -0.2) is 0 Å². The Labute approximate surface area is 82.9 Å². The molecule has 0 aromatic rings. The number of hydrogen-bond acceptors (Lipinski definition) is 3. The Hall–Kier alpha value is 0.360. The van der Waals surface area contributed by atoms with Crippen molar-refractivity contribution in [2.75, 3.05) is 12.0 Å². The van der Waals surface area contributed by atoms with Crippen molar-refractivity contribution in [1.82, 2.24) is 0 Å². The highest BCUT2D eigenvalue weighted by molar-refractivity contribution is 7.98. The summed E-state index contributed by atoms with van der Waals surface area (Å²) >= 11 is 1.60. The van der Waals surface area contributed by atoms with Crippen LogP contribution in [-0.2, 0) is 4.79 Å². The van der Waals surface area contributed by atoms with Crippen molar-refractivity contribution < 1.29 is 9.90 Å². The van der Waals surface area contributed by atoms with Crippen molar-refractivity contribution in [3.63, 3.8) is 0 Å². The normalized spacial score (nSPS) is 10.7. The van der Waals surface area contributed by atoms with Crippen LogP contribution in [0.5, 0.6) is 0 Å². The molecule has 0 aromatic heterocycles. The van der Waals surface area contributed by atoms with Crippen molar-refractivity contribution in [3.05, 3.63) is 0 Å². The largest absolute Gasteiger partial charge is 0.480 e. The van der Waals surface area contributed by atoms with Crippen molar-refractivity contribution in [2.24, 2.45) is 5.73 Å². The summed E-state index contributed by atoms with van der Waals surface area (Å²) in [7, 11) is 0. The van der Waals surface area contributed by atoms with Gasteiger partial charge in [0.1, 0.15) is 6.04 Å². The number of halogens is 2. The molecule has 0 saturated heterocycles. The Kier molecular flexibility index (Phi) is 16.4. The van der Waals surface area contributed by atoms with E-state index in [1.807, 2.05) is 6.26 Å². The maximum Gasteiger partial charge on any atom is 0.320 e. The van der Waals surface area contributed by atoms with Crippen LogP contribution in [0, 0.1) is 0 Å². The molecule has 0 unspecified atom stereocenters. The molecule has 0 aliphatic rings. The summed E-state index contributed by atoms with van der Waals surface area (Å²) in [5.74, 6) is -0.1000. The zero-order valence-corrected chi connectivity index (χ0v) is 8.60. The minimum atomic E-state index is -0.913. The lowest BCUT2D eigenvalue weighted by Gasteiger charge is -2.02. The van der Waals surface area contributed by atoms with Gasteiger partial charge in [0.25, 0.3) is 0 Å². The van der Waals surface area contributed by atoms with Crippen LogP contribution in [-0.4, -0.2) is 29.1 Å². The minimum absolute atomic E-state index is 0. The Balaban J connectivity index is -0.000000320. The van der Waals surface area contributed by atoms with E-state index in [2.05, 4.69) is 0 Å². The lowest BCUT2D eigenvalue weighted by molar-refractivity contribution is -0.138. The van der Waals surface area contributed by atoms with E-state index in [0.717, 1.165) is 5.75 Å². The molecule has 0 heterocycles. The topological polar surface area (TPSA) is 63.3 Å². The molecule has 0 bridgehead atoms. The molecule has 0 saturated carbocycles. The number of carbonyl (C=O) groups is 1. The van der Waals surface area contributed by atoms with E-state index >= 15 is 0 Å². The van der Waals surface area contributed by atoms with Crippen molar-refractivity contribution >= 4 is 42.5 Å². The second kappa shape index (κ2) is 10.4. The Morgan fingerprint density at radius 2 is 2.09 bits per heavy atom. The third-order valence-electron chi connectivity index (χ3n) is 0.950. The van der Waals surface area contributed by atoms with Gasteiger partial charge in [-0.2, -0.15) is 11.8 Å².